The first-order valence-electron chi connectivity index (χ1n) is 6.33. The van der Waals surface area contributed by atoms with Crippen molar-refractivity contribution in [2.45, 2.75) is 40.0 Å². The van der Waals surface area contributed by atoms with Crippen molar-refractivity contribution >= 4 is 5.78 Å². The van der Waals surface area contributed by atoms with E-state index in [0.29, 0.717) is 0 Å². The van der Waals surface area contributed by atoms with Crippen molar-refractivity contribution < 1.29 is 4.79 Å². The van der Waals surface area contributed by atoms with Gasteiger partial charge in [-0.3, -0.25) is 4.79 Å². The standard InChI is InChI=1S/C16H22O/c1-4-11-16(12-5-2,14(3)17)13-15-9-7-6-8-10-15/h4,6-11H,5,12-13H2,1-3H3/b11-4+. The molecule has 0 saturated carbocycles. The molecule has 0 radical (unpaired) electrons. The van der Waals surface area contributed by atoms with Crippen LogP contribution in [0.25, 0.3) is 0 Å². The number of carbonyl (C=O) groups is 1. The predicted molar refractivity (Wildman–Crippen MR) is 73.0 cm³/mol. The number of hydrogen-bond donors (Lipinski definition) is 0. The van der Waals surface area contributed by atoms with Crippen LogP contribution in [0.3, 0.4) is 0 Å². The van der Waals surface area contributed by atoms with Crippen LogP contribution in [0.2, 0.25) is 0 Å². The molecule has 1 atom stereocenters. The maximum Gasteiger partial charge on any atom is 0.140 e. The van der Waals surface area contributed by atoms with Crippen molar-refractivity contribution in [3.05, 3.63) is 48.0 Å². The van der Waals surface area contributed by atoms with E-state index in [2.05, 4.69) is 25.1 Å². The molecule has 0 bridgehead atoms. The van der Waals surface area contributed by atoms with Crippen LogP contribution in [0.1, 0.15) is 39.2 Å². The molecule has 1 rings (SSSR count). The highest BCUT2D eigenvalue weighted by molar-refractivity contribution is 5.84. The Morgan fingerprint density at radius 3 is 2.41 bits per heavy atom. The lowest BCUT2D eigenvalue weighted by Crippen LogP contribution is -2.29. The summed E-state index contributed by atoms with van der Waals surface area (Å²) in [5, 5.41) is 0. The highest BCUT2D eigenvalue weighted by Crippen LogP contribution is 2.31. The molecule has 1 unspecified atom stereocenters. The fourth-order valence-electron chi connectivity index (χ4n) is 2.37. The fourth-order valence-corrected chi connectivity index (χ4v) is 2.37. The quantitative estimate of drug-likeness (QED) is 0.670. The van der Waals surface area contributed by atoms with E-state index in [1.165, 1.54) is 5.56 Å². The Balaban J connectivity index is 3.01. The maximum absolute atomic E-state index is 12.0. The van der Waals surface area contributed by atoms with E-state index in [1.54, 1.807) is 6.92 Å². The predicted octanol–water partition coefficient (Wildman–Crippen LogP) is 4.18. The molecule has 0 N–H and O–H groups in total. The first-order chi connectivity index (χ1) is 8.14. The molecule has 0 saturated heterocycles. The smallest absolute Gasteiger partial charge is 0.140 e. The van der Waals surface area contributed by atoms with Gasteiger partial charge >= 0.3 is 0 Å². The summed E-state index contributed by atoms with van der Waals surface area (Å²) < 4.78 is 0. The van der Waals surface area contributed by atoms with E-state index in [9.17, 15) is 4.79 Å². The van der Waals surface area contributed by atoms with Crippen molar-refractivity contribution in [3.8, 4) is 0 Å². The number of ketones is 1. The van der Waals surface area contributed by atoms with E-state index >= 15 is 0 Å². The van der Waals surface area contributed by atoms with Gasteiger partial charge < -0.3 is 0 Å². The SMILES string of the molecule is C/C=C/C(CCC)(Cc1ccccc1)C(C)=O. The minimum Gasteiger partial charge on any atom is -0.299 e. The third-order valence-corrected chi connectivity index (χ3v) is 3.25. The second kappa shape index (κ2) is 6.39. The molecule has 92 valence electrons. The second-order valence-corrected chi connectivity index (χ2v) is 4.62. The van der Waals surface area contributed by atoms with E-state index in [1.807, 2.05) is 31.2 Å². The first kappa shape index (κ1) is 13.7. The van der Waals surface area contributed by atoms with Gasteiger partial charge in [0, 0.05) is 0 Å². The molecular formula is C16H22O. The van der Waals surface area contributed by atoms with Crippen LogP contribution in [-0.2, 0) is 11.2 Å². The van der Waals surface area contributed by atoms with Gasteiger partial charge in [0.15, 0.2) is 0 Å². The summed E-state index contributed by atoms with van der Waals surface area (Å²) in [6, 6.07) is 10.3. The molecule has 0 spiro atoms. The van der Waals surface area contributed by atoms with Crippen molar-refractivity contribution in [1.29, 1.82) is 0 Å². The summed E-state index contributed by atoms with van der Waals surface area (Å²) >= 11 is 0. The lowest BCUT2D eigenvalue weighted by Gasteiger charge is -2.28. The lowest BCUT2D eigenvalue weighted by molar-refractivity contribution is -0.124. The average Bonchev–Trinajstić information content (AvgIpc) is 2.30. The number of Topliss-reactive ketones (excluding diaryl/α,β-unsaturated/α-hetero) is 1. The van der Waals surface area contributed by atoms with Gasteiger partial charge in [0.1, 0.15) is 5.78 Å². The molecular weight excluding hydrogens is 208 g/mol. The Bertz CT molecular complexity index is 378. The number of carbonyl (C=O) groups excluding carboxylic acids is 1. The molecule has 0 aliphatic carbocycles. The number of rotatable bonds is 6. The van der Waals surface area contributed by atoms with Gasteiger partial charge in [0.25, 0.3) is 0 Å². The largest absolute Gasteiger partial charge is 0.299 e. The van der Waals surface area contributed by atoms with Crippen LogP contribution < -0.4 is 0 Å². The van der Waals surface area contributed by atoms with Crippen molar-refractivity contribution in [3.63, 3.8) is 0 Å². The zero-order valence-electron chi connectivity index (χ0n) is 11.1. The third kappa shape index (κ3) is 3.55. The normalized spacial score (nSPS) is 14.8. The topological polar surface area (TPSA) is 17.1 Å². The Labute approximate surface area is 105 Å². The monoisotopic (exact) mass is 230 g/mol. The molecule has 1 heteroatoms. The van der Waals surface area contributed by atoms with Crippen molar-refractivity contribution in [2.75, 3.05) is 0 Å². The van der Waals surface area contributed by atoms with Gasteiger partial charge in [-0.2, -0.15) is 0 Å². The molecule has 1 aromatic rings. The van der Waals surface area contributed by atoms with E-state index in [4.69, 9.17) is 0 Å². The summed E-state index contributed by atoms with van der Waals surface area (Å²) in [4.78, 5) is 12.0. The maximum atomic E-state index is 12.0. The minimum absolute atomic E-state index is 0.265. The number of allylic oxidation sites excluding steroid dienone is 2. The van der Waals surface area contributed by atoms with Crippen LogP contribution >= 0.6 is 0 Å². The van der Waals surface area contributed by atoms with Crippen molar-refractivity contribution in [2.24, 2.45) is 5.41 Å². The van der Waals surface area contributed by atoms with Gasteiger partial charge in [-0.15, -0.1) is 0 Å². The highest BCUT2D eigenvalue weighted by atomic mass is 16.1. The Kier molecular flexibility index (Phi) is 5.14. The van der Waals surface area contributed by atoms with Gasteiger partial charge in [-0.25, -0.2) is 0 Å². The zero-order chi connectivity index (χ0) is 12.7. The molecule has 1 nitrogen and oxygen atoms in total. The first-order valence-corrected chi connectivity index (χ1v) is 6.33. The third-order valence-electron chi connectivity index (χ3n) is 3.25. The van der Waals surface area contributed by atoms with Crippen LogP contribution in [0.15, 0.2) is 42.5 Å². The van der Waals surface area contributed by atoms with Gasteiger partial charge in [-0.1, -0.05) is 55.8 Å². The second-order valence-electron chi connectivity index (χ2n) is 4.62. The van der Waals surface area contributed by atoms with Crippen LogP contribution in [-0.4, -0.2) is 5.78 Å². The highest BCUT2D eigenvalue weighted by Gasteiger charge is 2.31. The molecule has 0 heterocycles. The van der Waals surface area contributed by atoms with Crippen LogP contribution in [0, 0.1) is 5.41 Å². The molecule has 0 aliphatic rings. The number of benzene rings is 1. The Morgan fingerprint density at radius 2 is 1.94 bits per heavy atom. The summed E-state index contributed by atoms with van der Waals surface area (Å²) in [5.74, 6) is 0.265. The molecule has 0 aliphatic heterocycles. The van der Waals surface area contributed by atoms with E-state index in [0.717, 1.165) is 19.3 Å². The Hall–Kier alpha value is -1.37. The summed E-state index contributed by atoms with van der Waals surface area (Å²) in [6.07, 6.45) is 6.82. The van der Waals surface area contributed by atoms with E-state index in [-0.39, 0.29) is 11.2 Å². The van der Waals surface area contributed by atoms with Crippen LogP contribution in [0.5, 0.6) is 0 Å². The Morgan fingerprint density at radius 1 is 1.29 bits per heavy atom. The van der Waals surface area contributed by atoms with E-state index < -0.39 is 0 Å². The molecule has 0 fully saturated rings. The van der Waals surface area contributed by atoms with Gasteiger partial charge in [0.2, 0.25) is 0 Å². The molecule has 0 amide bonds. The summed E-state index contributed by atoms with van der Waals surface area (Å²) in [6.45, 7) is 5.82. The zero-order valence-corrected chi connectivity index (χ0v) is 11.1. The molecule has 1 aromatic carbocycles. The number of hydrogen-bond acceptors (Lipinski definition) is 1. The van der Waals surface area contributed by atoms with Crippen LogP contribution in [0.4, 0.5) is 0 Å². The van der Waals surface area contributed by atoms with Gasteiger partial charge in [0.05, 0.1) is 5.41 Å². The van der Waals surface area contributed by atoms with Crippen molar-refractivity contribution in [1.82, 2.24) is 0 Å². The average molecular weight is 230 g/mol. The fraction of sp³-hybridized carbons (Fsp3) is 0.438. The molecule has 0 aromatic heterocycles. The lowest BCUT2D eigenvalue weighted by atomic mass is 9.74. The minimum atomic E-state index is -0.315. The summed E-state index contributed by atoms with van der Waals surface area (Å²) in [5.41, 5.74) is 0.916. The van der Waals surface area contributed by atoms with Gasteiger partial charge in [-0.05, 0) is 32.3 Å². The molecule has 17 heavy (non-hydrogen) atoms. The summed E-state index contributed by atoms with van der Waals surface area (Å²) in [7, 11) is 0.